The zero-order chi connectivity index (χ0) is 17.8. The van der Waals surface area contributed by atoms with Gasteiger partial charge in [0.15, 0.2) is 11.5 Å². The number of fused-ring (bicyclic) bond motifs is 1. The van der Waals surface area contributed by atoms with Crippen molar-refractivity contribution < 1.29 is 9.47 Å². The van der Waals surface area contributed by atoms with Crippen molar-refractivity contribution in [1.82, 2.24) is 15.0 Å². The van der Waals surface area contributed by atoms with Crippen LogP contribution in [0.1, 0.15) is 37.7 Å². The molecule has 2 aromatic rings. The molecule has 0 unspecified atom stereocenters. The van der Waals surface area contributed by atoms with Crippen LogP contribution in [0.5, 0.6) is 11.5 Å². The number of benzene rings is 1. The topological polar surface area (TPSA) is 86.4 Å². The lowest BCUT2D eigenvalue weighted by Gasteiger charge is -2.30. The van der Waals surface area contributed by atoms with Crippen molar-refractivity contribution in [2.75, 3.05) is 30.4 Å². The summed E-state index contributed by atoms with van der Waals surface area (Å²) in [7, 11) is 0. The van der Waals surface area contributed by atoms with Crippen LogP contribution in [0.4, 0.5) is 11.9 Å². The van der Waals surface area contributed by atoms with E-state index >= 15 is 0 Å². The Hall–Kier alpha value is -2.57. The Bertz CT molecular complexity index is 750. The van der Waals surface area contributed by atoms with Gasteiger partial charge in [-0.3, -0.25) is 0 Å². The van der Waals surface area contributed by atoms with Crippen molar-refractivity contribution in [2.24, 2.45) is 0 Å². The highest BCUT2D eigenvalue weighted by atomic mass is 16.5. The van der Waals surface area contributed by atoms with E-state index in [1.807, 2.05) is 20.8 Å². The molecule has 0 radical (unpaired) electrons. The number of ether oxygens (including phenoxy) is 2. The first-order valence-electron chi connectivity index (χ1n) is 8.81. The molecule has 1 aliphatic rings. The first-order valence-corrected chi connectivity index (χ1v) is 8.81. The fraction of sp³-hybridized carbons (Fsp3) is 0.500. The zero-order valence-corrected chi connectivity index (χ0v) is 15.1. The fourth-order valence-corrected chi connectivity index (χ4v) is 3.00. The number of hydrogen-bond acceptors (Lipinski definition) is 7. The maximum Gasteiger partial charge on any atom is 0.230 e. The predicted molar refractivity (Wildman–Crippen MR) is 97.2 cm³/mol. The standard InChI is InChI=1S/C18H25N5O2/c1-4-16-20-17(19)22-18(21-16)23-8-7-12-9-14(24-5-2)15(25-6-3)10-13(12)11-23/h9-10H,4-8,11H2,1-3H3,(H2,19,20,21,22). The molecule has 0 saturated heterocycles. The van der Waals surface area contributed by atoms with Crippen molar-refractivity contribution in [3.05, 3.63) is 29.1 Å². The van der Waals surface area contributed by atoms with Gasteiger partial charge in [-0.25, -0.2) is 0 Å². The number of nitrogens with two attached hydrogens (primary N) is 1. The van der Waals surface area contributed by atoms with Crippen LogP contribution in [-0.4, -0.2) is 34.7 Å². The second-order valence-corrected chi connectivity index (χ2v) is 5.87. The summed E-state index contributed by atoms with van der Waals surface area (Å²) in [5, 5.41) is 0. The number of anilines is 2. The number of nitrogen functional groups attached to an aromatic ring is 1. The second kappa shape index (κ2) is 7.55. The Morgan fingerprint density at radius 3 is 2.32 bits per heavy atom. The highest BCUT2D eigenvalue weighted by Crippen LogP contribution is 2.34. The number of hydrogen-bond donors (Lipinski definition) is 1. The summed E-state index contributed by atoms with van der Waals surface area (Å²) in [4.78, 5) is 15.1. The molecule has 0 spiro atoms. The minimum atomic E-state index is 0.273. The molecule has 2 heterocycles. The van der Waals surface area contributed by atoms with E-state index in [0.29, 0.717) is 25.7 Å². The zero-order valence-electron chi connectivity index (χ0n) is 15.1. The molecule has 0 saturated carbocycles. The van der Waals surface area contributed by atoms with E-state index in [1.165, 1.54) is 11.1 Å². The Balaban J connectivity index is 1.90. The Morgan fingerprint density at radius 2 is 1.68 bits per heavy atom. The van der Waals surface area contributed by atoms with Crippen molar-refractivity contribution in [3.63, 3.8) is 0 Å². The van der Waals surface area contributed by atoms with E-state index in [0.717, 1.165) is 36.7 Å². The fourth-order valence-electron chi connectivity index (χ4n) is 3.00. The normalized spacial score (nSPS) is 13.5. The molecular weight excluding hydrogens is 318 g/mol. The Labute approximate surface area is 148 Å². The lowest BCUT2D eigenvalue weighted by molar-refractivity contribution is 0.287. The molecule has 7 heteroatoms. The van der Waals surface area contributed by atoms with Crippen LogP contribution < -0.4 is 20.1 Å². The first-order chi connectivity index (χ1) is 12.1. The Kier molecular flexibility index (Phi) is 5.21. The first kappa shape index (κ1) is 17.3. The van der Waals surface area contributed by atoms with Crippen molar-refractivity contribution in [1.29, 1.82) is 0 Å². The number of aromatic nitrogens is 3. The van der Waals surface area contributed by atoms with Gasteiger partial charge < -0.3 is 20.1 Å². The smallest absolute Gasteiger partial charge is 0.230 e. The van der Waals surface area contributed by atoms with E-state index in [1.54, 1.807) is 0 Å². The van der Waals surface area contributed by atoms with Crippen molar-refractivity contribution in [2.45, 2.75) is 40.2 Å². The molecule has 7 nitrogen and oxygen atoms in total. The van der Waals surface area contributed by atoms with E-state index in [9.17, 15) is 0 Å². The second-order valence-electron chi connectivity index (χ2n) is 5.87. The van der Waals surface area contributed by atoms with Crippen LogP contribution in [0.3, 0.4) is 0 Å². The van der Waals surface area contributed by atoms with Crippen LogP contribution in [0.25, 0.3) is 0 Å². The van der Waals surface area contributed by atoms with Gasteiger partial charge in [-0.1, -0.05) is 6.92 Å². The third-order valence-corrected chi connectivity index (χ3v) is 4.16. The van der Waals surface area contributed by atoms with Crippen molar-refractivity contribution in [3.8, 4) is 11.5 Å². The van der Waals surface area contributed by atoms with Crippen LogP contribution >= 0.6 is 0 Å². The molecule has 3 rings (SSSR count). The SMILES string of the molecule is CCOc1cc2c(cc1OCC)CN(c1nc(N)nc(CC)n1)CC2. The van der Waals surface area contributed by atoms with Gasteiger partial charge in [0, 0.05) is 19.5 Å². The molecule has 1 aliphatic heterocycles. The largest absolute Gasteiger partial charge is 0.490 e. The highest BCUT2D eigenvalue weighted by molar-refractivity contribution is 5.51. The van der Waals surface area contributed by atoms with Gasteiger partial charge in [0.25, 0.3) is 0 Å². The minimum Gasteiger partial charge on any atom is -0.490 e. The molecule has 1 aromatic carbocycles. The lowest BCUT2D eigenvalue weighted by Crippen LogP contribution is -2.32. The van der Waals surface area contributed by atoms with Gasteiger partial charge in [0.1, 0.15) is 5.82 Å². The summed E-state index contributed by atoms with van der Waals surface area (Å²) < 4.78 is 11.5. The average molecular weight is 343 g/mol. The van der Waals surface area contributed by atoms with E-state index in [2.05, 4.69) is 32.0 Å². The summed E-state index contributed by atoms with van der Waals surface area (Å²) in [5.41, 5.74) is 8.31. The molecule has 0 atom stereocenters. The lowest BCUT2D eigenvalue weighted by atomic mass is 9.99. The van der Waals surface area contributed by atoms with Gasteiger partial charge in [0.05, 0.1) is 13.2 Å². The number of aryl methyl sites for hydroxylation is 1. The molecule has 0 fully saturated rings. The minimum absolute atomic E-state index is 0.273. The molecule has 1 aromatic heterocycles. The van der Waals surface area contributed by atoms with Crippen molar-refractivity contribution >= 4 is 11.9 Å². The monoisotopic (exact) mass is 343 g/mol. The quantitative estimate of drug-likeness (QED) is 0.861. The third-order valence-electron chi connectivity index (χ3n) is 4.16. The summed E-state index contributed by atoms with van der Waals surface area (Å²) in [6.45, 7) is 8.73. The molecular formula is C18H25N5O2. The van der Waals surface area contributed by atoms with Crippen LogP contribution in [0, 0.1) is 0 Å². The van der Waals surface area contributed by atoms with Crippen LogP contribution in [-0.2, 0) is 19.4 Å². The van der Waals surface area contributed by atoms with Crippen LogP contribution in [0.2, 0.25) is 0 Å². The molecule has 0 amide bonds. The maximum absolute atomic E-state index is 5.83. The molecule has 134 valence electrons. The summed E-state index contributed by atoms with van der Waals surface area (Å²) in [6.07, 6.45) is 1.63. The molecule has 0 bridgehead atoms. The highest BCUT2D eigenvalue weighted by Gasteiger charge is 2.22. The third kappa shape index (κ3) is 3.75. The van der Waals surface area contributed by atoms with Gasteiger partial charge in [0.2, 0.25) is 11.9 Å². The molecule has 25 heavy (non-hydrogen) atoms. The van der Waals surface area contributed by atoms with E-state index in [-0.39, 0.29) is 5.95 Å². The van der Waals surface area contributed by atoms with Gasteiger partial charge >= 0.3 is 0 Å². The summed E-state index contributed by atoms with van der Waals surface area (Å²) >= 11 is 0. The average Bonchev–Trinajstić information content (AvgIpc) is 2.61. The number of nitrogens with zero attached hydrogens (tertiary/aromatic N) is 4. The molecule has 0 aliphatic carbocycles. The van der Waals surface area contributed by atoms with E-state index < -0.39 is 0 Å². The van der Waals surface area contributed by atoms with Gasteiger partial charge in [-0.2, -0.15) is 15.0 Å². The predicted octanol–water partition coefficient (Wildman–Crippen LogP) is 2.38. The summed E-state index contributed by atoms with van der Waals surface area (Å²) in [5.74, 6) is 3.23. The van der Waals surface area contributed by atoms with E-state index in [4.69, 9.17) is 15.2 Å². The maximum atomic E-state index is 5.83. The van der Waals surface area contributed by atoms with Crippen LogP contribution in [0.15, 0.2) is 12.1 Å². The van der Waals surface area contributed by atoms with Gasteiger partial charge in [-0.05, 0) is 43.5 Å². The number of rotatable bonds is 6. The Morgan fingerprint density at radius 1 is 1.00 bits per heavy atom. The summed E-state index contributed by atoms with van der Waals surface area (Å²) in [6, 6.07) is 4.17. The molecule has 2 N–H and O–H groups in total. The van der Waals surface area contributed by atoms with Gasteiger partial charge in [-0.15, -0.1) is 0 Å².